The van der Waals surface area contributed by atoms with Crippen molar-refractivity contribution in [1.82, 2.24) is 5.32 Å². The van der Waals surface area contributed by atoms with Crippen LogP contribution in [0, 0.1) is 17.8 Å². The van der Waals surface area contributed by atoms with Crippen LogP contribution in [0.2, 0.25) is 0 Å². The normalized spacial score (nSPS) is 25.7. The molecule has 0 bridgehead atoms. The second kappa shape index (κ2) is 5.85. The van der Waals surface area contributed by atoms with Crippen molar-refractivity contribution >= 4 is 0 Å². The first kappa shape index (κ1) is 15.9. The second-order valence-electron chi connectivity index (χ2n) is 7.34. The number of hydrogen-bond donors (Lipinski definition) is 1. The van der Waals surface area contributed by atoms with Crippen LogP contribution in [0.4, 0.5) is 8.78 Å². The molecule has 0 radical (unpaired) electrons. The number of hydrogen-bond acceptors (Lipinski definition) is 1. The van der Waals surface area contributed by atoms with Crippen LogP contribution in [0.1, 0.15) is 60.3 Å². The standard InChI is InChI=1S/C15H29F2N/c1-11(2)13(10-18-14(3,4)5)8-12-6-7-15(16,17)9-12/h11-13,18H,6-10H2,1-5H3. The molecular formula is C15H29F2N. The molecule has 1 N–H and O–H groups in total. The van der Waals surface area contributed by atoms with E-state index in [-0.39, 0.29) is 24.3 Å². The molecule has 3 heteroatoms. The Labute approximate surface area is 111 Å². The Kier molecular flexibility index (Phi) is 5.16. The van der Waals surface area contributed by atoms with E-state index in [1.165, 1.54) is 0 Å². The van der Waals surface area contributed by atoms with Crippen molar-refractivity contribution in [2.24, 2.45) is 17.8 Å². The Hall–Kier alpha value is -0.180. The van der Waals surface area contributed by atoms with Crippen LogP contribution in [-0.2, 0) is 0 Å². The summed E-state index contributed by atoms with van der Waals surface area (Å²) in [4.78, 5) is 0. The Morgan fingerprint density at radius 2 is 1.89 bits per heavy atom. The van der Waals surface area contributed by atoms with Gasteiger partial charge in [0.25, 0.3) is 0 Å². The minimum Gasteiger partial charge on any atom is -0.312 e. The summed E-state index contributed by atoms with van der Waals surface area (Å²) >= 11 is 0. The van der Waals surface area contributed by atoms with E-state index in [0.29, 0.717) is 18.3 Å². The highest BCUT2D eigenvalue weighted by Gasteiger charge is 2.40. The third-order valence-electron chi connectivity index (χ3n) is 3.98. The summed E-state index contributed by atoms with van der Waals surface area (Å²) in [5.74, 6) is -1.13. The van der Waals surface area contributed by atoms with Gasteiger partial charge in [0.2, 0.25) is 5.92 Å². The SMILES string of the molecule is CC(C)C(CNC(C)(C)C)CC1CCC(F)(F)C1. The van der Waals surface area contributed by atoms with Crippen molar-refractivity contribution in [3.8, 4) is 0 Å². The van der Waals surface area contributed by atoms with Crippen LogP contribution < -0.4 is 5.32 Å². The van der Waals surface area contributed by atoms with Gasteiger partial charge in [0.1, 0.15) is 0 Å². The predicted octanol–water partition coefficient (Wildman–Crippen LogP) is 4.47. The zero-order valence-electron chi connectivity index (χ0n) is 12.5. The molecule has 1 saturated carbocycles. The number of alkyl halides is 2. The average Bonchev–Trinajstić information content (AvgIpc) is 2.50. The average molecular weight is 261 g/mol. The third-order valence-corrected chi connectivity index (χ3v) is 3.98. The molecule has 1 rings (SSSR count). The molecule has 0 aromatic carbocycles. The second-order valence-corrected chi connectivity index (χ2v) is 7.34. The molecule has 1 fully saturated rings. The molecule has 18 heavy (non-hydrogen) atoms. The van der Waals surface area contributed by atoms with E-state index in [1.54, 1.807) is 0 Å². The van der Waals surface area contributed by atoms with Crippen LogP contribution in [0.15, 0.2) is 0 Å². The maximum absolute atomic E-state index is 13.2. The van der Waals surface area contributed by atoms with Gasteiger partial charge in [-0.3, -0.25) is 0 Å². The number of nitrogens with one attached hydrogen (secondary N) is 1. The van der Waals surface area contributed by atoms with Crippen LogP contribution in [0.3, 0.4) is 0 Å². The molecule has 1 aliphatic carbocycles. The van der Waals surface area contributed by atoms with E-state index in [0.717, 1.165) is 13.0 Å². The summed E-state index contributed by atoms with van der Waals surface area (Å²) in [5, 5.41) is 3.51. The maximum Gasteiger partial charge on any atom is 0.248 e. The molecule has 2 unspecified atom stereocenters. The van der Waals surface area contributed by atoms with Crippen molar-refractivity contribution in [1.29, 1.82) is 0 Å². The number of halogens is 2. The third kappa shape index (κ3) is 5.64. The van der Waals surface area contributed by atoms with E-state index in [1.807, 2.05) is 0 Å². The first-order valence-corrected chi connectivity index (χ1v) is 7.22. The van der Waals surface area contributed by atoms with Crippen LogP contribution in [0.25, 0.3) is 0 Å². The van der Waals surface area contributed by atoms with Gasteiger partial charge in [0.05, 0.1) is 0 Å². The fraction of sp³-hybridized carbons (Fsp3) is 1.00. The van der Waals surface area contributed by atoms with Crippen molar-refractivity contribution in [2.75, 3.05) is 6.54 Å². The van der Waals surface area contributed by atoms with Gasteiger partial charge in [-0.15, -0.1) is 0 Å². The minimum atomic E-state index is -2.40. The topological polar surface area (TPSA) is 12.0 Å². The molecular weight excluding hydrogens is 232 g/mol. The van der Waals surface area contributed by atoms with E-state index >= 15 is 0 Å². The van der Waals surface area contributed by atoms with Gasteiger partial charge < -0.3 is 5.32 Å². The zero-order chi connectivity index (χ0) is 14.0. The Morgan fingerprint density at radius 1 is 1.28 bits per heavy atom. The maximum atomic E-state index is 13.2. The Morgan fingerprint density at radius 3 is 2.28 bits per heavy atom. The van der Waals surface area contributed by atoms with E-state index < -0.39 is 5.92 Å². The van der Waals surface area contributed by atoms with E-state index in [9.17, 15) is 8.78 Å². The quantitative estimate of drug-likeness (QED) is 0.770. The van der Waals surface area contributed by atoms with Gasteiger partial charge in [-0.05, 0) is 57.9 Å². The van der Waals surface area contributed by atoms with E-state index in [2.05, 4.69) is 39.9 Å². The lowest BCUT2D eigenvalue weighted by Gasteiger charge is -2.29. The molecule has 0 aromatic heterocycles. The molecule has 1 nitrogen and oxygen atoms in total. The largest absolute Gasteiger partial charge is 0.312 e. The highest BCUT2D eigenvalue weighted by molar-refractivity contribution is 4.84. The Bertz CT molecular complexity index is 256. The summed E-state index contributed by atoms with van der Waals surface area (Å²) in [6.07, 6.45) is 1.84. The molecule has 0 amide bonds. The fourth-order valence-electron chi connectivity index (χ4n) is 2.70. The number of rotatable bonds is 5. The highest BCUT2D eigenvalue weighted by atomic mass is 19.3. The summed E-state index contributed by atoms with van der Waals surface area (Å²) in [5.41, 5.74) is 0.104. The molecule has 0 saturated heterocycles. The van der Waals surface area contributed by atoms with E-state index in [4.69, 9.17) is 0 Å². The lowest BCUT2D eigenvalue weighted by Crippen LogP contribution is -2.40. The van der Waals surface area contributed by atoms with Gasteiger partial charge in [0.15, 0.2) is 0 Å². The van der Waals surface area contributed by atoms with Gasteiger partial charge in [0, 0.05) is 18.4 Å². The van der Waals surface area contributed by atoms with Crippen molar-refractivity contribution < 1.29 is 8.78 Å². The summed E-state index contributed by atoms with van der Waals surface area (Å²) in [6.45, 7) is 11.8. The van der Waals surface area contributed by atoms with Crippen molar-refractivity contribution in [2.45, 2.75) is 71.8 Å². The zero-order valence-corrected chi connectivity index (χ0v) is 12.5. The van der Waals surface area contributed by atoms with Gasteiger partial charge >= 0.3 is 0 Å². The van der Waals surface area contributed by atoms with Crippen LogP contribution in [-0.4, -0.2) is 18.0 Å². The molecule has 2 atom stereocenters. The summed E-state index contributed by atoms with van der Waals surface area (Å²) < 4.78 is 26.4. The lowest BCUT2D eigenvalue weighted by atomic mass is 9.85. The molecule has 108 valence electrons. The van der Waals surface area contributed by atoms with Gasteiger partial charge in [-0.2, -0.15) is 0 Å². The minimum absolute atomic E-state index is 0.0924. The fourth-order valence-corrected chi connectivity index (χ4v) is 2.70. The molecule has 0 aliphatic heterocycles. The van der Waals surface area contributed by atoms with Crippen molar-refractivity contribution in [3.05, 3.63) is 0 Å². The lowest BCUT2D eigenvalue weighted by molar-refractivity contribution is 0.00365. The highest BCUT2D eigenvalue weighted by Crippen LogP contribution is 2.42. The first-order chi connectivity index (χ1) is 8.09. The monoisotopic (exact) mass is 261 g/mol. The summed E-state index contributed by atoms with van der Waals surface area (Å²) in [6, 6.07) is 0. The van der Waals surface area contributed by atoms with Crippen LogP contribution in [0.5, 0.6) is 0 Å². The molecule has 0 spiro atoms. The smallest absolute Gasteiger partial charge is 0.248 e. The van der Waals surface area contributed by atoms with Gasteiger partial charge in [-0.1, -0.05) is 13.8 Å². The van der Waals surface area contributed by atoms with Crippen molar-refractivity contribution in [3.63, 3.8) is 0 Å². The van der Waals surface area contributed by atoms with Crippen LogP contribution >= 0.6 is 0 Å². The molecule has 0 aromatic rings. The first-order valence-electron chi connectivity index (χ1n) is 7.22. The molecule has 1 aliphatic rings. The summed E-state index contributed by atoms with van der Waals surface area (Å²) in [7, 11) is 0. The predicted molar refractivity (Wildman–Crippen MR) is 73.0 cm³/mol. The molecule has 0 heterocycles. The van der Waals surface area contributed by atoms with Gasteiger partial charge in [-0.25, -0.2) is 8.78 Å². The Balaban J connectivity index is 2.44.